The van der Waals surface area contributed by atoms with Crippen molar-refractivity contribution in [3.63, 3.8) is 0 Å². The predicted molar refractivity (Wildman–Crippen MR) is 103 cm³/mol. The number of carbonyl (C=O) groups excluding carboxylic acids is 1. The number of methoxy groups -OCH3 is 1. The van der Waals surface area contributed by atoms with Crippen molar-refractivity contribution < 1.29 is 13.9 Å². The Morgan fingerprint density at radius 1 is 1.19 bits per heavy atom. The lowest BCUT2D eigenvalue weighted by Gasteiger charge is -2.09. The van der Waals surface area contributed by atoms with Gasteiger partial charge in [0, 0.05) is 18.8 Å². The van der Waals surface area contributed by atoms with Crippen LogP contribution in [0, 0.1) is 5.82 Å². The first kappa shape index (κ1) is 18.6. The van der Waals surface area contributed by atoms with Crippen molar-refractivity contribution in [2.75, 3.05) is 7.11 Å². The van der Waals surface area contributed by atoms with Gasteiger partial charge in [0.05, 0.1) is 12.7 Å². The summed E-state index contributed by atoms with van der Waals surface area (Å²) in [6.45, 7) is 0. The summed E-state index contributed by atoms with van der Waals surface area (Å²) in [5.41, 5.74) is 3.41. The van der Waals surface area contributed by atoms with E-state index in [1.165, 1.54) is 19.2 Å². The first-order chi connectivity index (χ1) is 13.2. The van der Waals surface area contributed by atoms with Crippen molar-refractivity contribution >= 4 is 12.0 Å². The number of hydrogen-bond acceptors (Lipinski definition) is 3. The highest BCUT2D eigenvalue weighted by molar-refractivity contribution is 5.91. The maximum absolute atomic E-state index is 13.0. The number of allylic oxidation sites excluding steroid dienone is 1. The second-order valence-corrected chi connectivity index (χ2v) is 6.18. The fourth-order valence-corrected chi connectivity index (χ4v) is 2.86. The molecule has 0 fully saturated rings. The molecule has 3 aromatic rings. The Balaban J connectivity index is 1.73. The van der Waals surface area contributed by atoms with Gasteiger partial charge in [-0.1, -0.05) is 36.4 Å². The Labute approximate surface area is 157 Å². The first-order valence-electron chi connectivity index (χ1n) is 8.76. The smallest absolute Gasteiger partial charge is 0.338 e. The summed E-state index contributed by atoms with van der Waals surface area (Å²) in [5, 5.41) is 0. The second kappa shape index (κ2) is 8.94. The first-order valence-corrected chi connectivity index (χ1v) is 8.76. The zero-order valence-electron chi connectivity index (χ0n) is 15.1. The van der Waals surface area contributed by atoms with Gasteiger partial charge < -0.3 is 9.72 Å². The van der Waals surface area contributed by atoms with Gasteiger partial charge in [0.2, 0.25) is 0 Å². The molecule has 0 saturated heterocycles. The molecule has 0 amide bonds. The number of halogens is 1. The number of aromatic nitrogens is 2. The van der Waals surface area contributed by atoms with Gasteiger partial charge in [-0.15, -0.1) is 0 Å². The number of aryl methyl sites for hydroxylation is 2. The minimum atomic E-state index is -0.356. The third-order valence-electron chi connectivity index (χ3n) is 4.31. The summed E-state index contributed by atoms with van der Waals surface area (Å²) >= 11 is 0. The highest BCUT2D eigenvalue weighted by Gasteiger charge is 2.12. The van der Waals surface area contributed by atoms with Crippen LogP contribution in [0.15, 0.2) is 60.9 Å². The van der Waals surface area contributed by atoms with Crippen LogP contribution in [0.3, 0.4) is 0 Å². The molecule has 0 radical (unpaired) electrons. The highest BCUT2D eigenvalue weighted by Crippen LogP contribution is 2.18. The third kappa shape index (κ3) is 5.14. The zero-order valence-corrected chi connectivity index (χ0v) is 15.1. The number of imidazole rings is 1. The average molecular weight is 364 g/mol. The van der Waals surface area contributed by atoms with E-state index in [1.54, 1.807) is 24.5 Å². The molecule has 27 heavy (non-hydrogen) atoms. The molecule has 5 heteroatoms. The van der Waals surface area contributed by atoms with Gasteiger partial charge in [-0.05, 0) is 47.7 Å². The fraction of sp³-hybridized carbons (Fsp3) is 0.182. The maximum atomic E-state index is 13.0. The molecule has 0 spiro atoms. The Morgan fingerprint density at radius 2 is 2.00 bits per heavy atom. The van der Waals surface area contributed by atoms with E-state index in [0.717, 1.165) is 28.9 Å². The molecule has 1 aromatic heterocycles. The van der Waals surface area contributed by atoms with Gasteiger partial charge in [-0.25, -0.2) is 14.2 Å². The van der Waals surface area contributed by atoms with Crippen molar-refractivity contribution in [1.82, 2.24) is 9.97 Å². The number of esters is 1. The minimum Gasteiger partial charge on any atom is -0.465 e. The summed E-state index contributed by atoms with van der Waals surface area (Å²) in [5.74, 6) is 0.278. The topological polar surface area (TPSA) is 55.0 Å². The monoisotopic (exact) mass is 364 g/mol. The summed E-state index contributed by atoms with van der Waals surface area (Å²) in [7, 11) is 1.38. The second-order valence-electron chi connectivity index (χ2n) is 6.18. The third-order valence-corrected chi connectivity index (χ3v) is 4.31. The van der Waals surface area contributed by atoms with Crippen LogP contribution < -0.4 is 0 Å². The number of rotatable bonds is 7. The summed E-state index contributed by atoms with van der Waals surface area (Å²) in [4.78, 5) is 19.4. The number of ether oxygens (including phenoxy) is 1. The van der Waals surface area contributed by atoms with Crippen molar-refractivity contribution in [3.8, 4) is 0 Å². The molecular weight excluding hydrogens is 343 g/mol. The van der Waals surface area contributed by atoms with Crippen molar-refractivity contribution in [1.29, 1.82) is 0 Å². The summed E-state index contributed by atoms with van der Waals surface area (Å²) in [6.07, 6.45) is 9.53. The fourth-order valence-electron chi connectivity index (χ4n) is 2.86. The molecule has 0 unspecified atom stereocenters. The molecule has 0 bridgehead atoms. The van der Waals surface area contributed by atoms with Crippen LogP contribution in [-0.4, -0.2) is 23.0 Å². The number of carbonyl (C=O) groups is 1. The SMILES string of the molecule is COC(=O)c1cc(C=CCc2ncc[nH]2)ccc1CCc1ccc(F)cc1. The van der Waals surface area contributed by atoms with Crippen molar-refractivity contribution in [2.45, 2.75) is 19.3 Å². The number of benzene rings is 2. The lowest BCUT2D eigenvalue weighted by Crippen LogP contribution is -2.07. The number of H-pyrrole nitrogens is 1. The molecule has 3 rings (SSSR count). The quantitative estimate of drug-likeness (QED) is 0.633. The zero-order chi connectivity index (χ0) is 19.1. The lowest BCUT2D eigenvalue weighted by atomic mass is 9.97. The maximum Gasteiger partial charge on any atom is 0.338 e. The molecule has 0 aliphatic rings. The number of nitrogens with zero attached hydrogens (tertiary/aromatic N) is 1. The van der Waals surface area contributed by atoms with E-state index in [1.807, 2.05) is 30.4 Å². The number of nitrogens with one attached hydrogen (secondary N) is 1. The predicted octanol–water partition coefficient (Wildman–Crippen LogP) is 4.38. The van der Waals surface area contributed by atoms with Crippen molar-refractivity contribution in [3.05, 3.63) is 94.8 Å². The highest BCUT2D eigenvalue weighted by atomic mass is 19.1. The van der Waals surface area contributed by atoms with Gasteiger partial charge in [-0.2, -0.15) is 0 Å². The number of aromatic amines is 1. The Morgan fingerprint density at radius 3 is 2.70 bits per heavy atom. The largest absolute Gasteiger partial charge is 0.465 e. The van der Waals surface area contributed by atoms with E-state index in [9.17, 15) is 9.18 Å². The standard InChI is InChI=1S/C22H21FN2O2/c1-27-22(26)20-15-17(3-2-4-21-24-13-14-25-21)6-10-18(20)9-5-16-7-11-19(23)12-8-16/h2-3,6-8,10-15H,4-5,9H2,1H3,(H,24,25). The lowest BCUT2D eigenvalue weighted by molar-refractivity contribution is 0.0599. The molecular formula is C22H21FN2O2. The Hall–Kier alpha value is -3.21. The minimum absolute atomic E-state index is 0.250. The molecule has 1 N–H and O–H groups in total. The molecule has 138 valence electrons. The van der Waals surface area contributed by atoms with Crippen LogP contribution in [0.1, 0.15) is 32.9 Å². The van der Waals surface area contributed by atoms with Gasteiger partial charge in [-0.3, -0.25) is 0 Å². The van der Waals surface area contributed by atoms with E-state index in [0.29, 0.717) is 18.4 Å². The normalized spacial score (nSPS) is 11.0. The number of hydrogen-bond donors (Lipinski definition) is 1. The van der Waals surface area contributed by atoms with Crippen LogP contribution >= 0.6 is 0 Å². The Bertz CT molecular complexity index is 916. The molecule has 0 atom stereocenters. The van der Waals surface area contributed by atoms with Crippen molar-refractivity contribution in [2.24, 2.45) is 0 Å². The van der Waals surface area contributed by atoms with Crippen LogP contribution in [-0.2, 0) is 24.0 Å². The van der Waals surface area contributed by atoms with Crippen LogP contribution in [0.4, 0.5) is 4.39 Å². The van der Waals surface area contributed by atoms with Gasteiger partial charge >= 0.3 is 5.97 Å². The average Bonchev–Trinajstić information content (AvgIpc) is 3.21. The molecule has 0 aliphatic heterocycles. The van der Waals surface area contributed by atoms with Crippen LogP contribution in [0.5, 0.6) is 0 Å². The summed E-state index contributed by atoms with van der Waals surface area (Å²) in [6, 6.07) is 12.2. The van der Waals surface area contributed by atoms with E-state index in [-0.39, 0.29) is 11.8 Å². The van der Waals surface area contributed by atoms with Crippen LogP contribution in [0.2, 0.25) is 0 Å². The summed E-state index contributed by atoms with van der Waals surface area (Å²) < 4.78 is 18.0. The Kier molecular flexibility index (Phi) is 6.15. The van der Waals surface area contributed by atoms with Gasteiger partial charge in [0.25, 0.3) is 0 Å². The van der Waals surface area contributed by atoms with Crippen LogP contribution in [0.25, 0.3) is 6.08 Å². The molecule has 2 aromatic carbocycles. The van der Waals surface area contributed by atoms with E-state index >= 15 is 0 Å². The molecule has 0 aliphatic carbocycles. The van der Waals surface area contributed by atoms with Gasteiger partial charge in [0.1, 0.15) is 11.6 Å². The van der Waals surface area contributed by atoms with E-state index < -0.39 is 0 Å². The molecule has 4 nitrogen and oxygen atoms in total. The van der Waals surface area contributed by atoms with E-state index in [4.69, 9.17) is 4.74 Å². The molecule has 0 saturated carbocycles. The van der Waals surface area contributed by atoms with E-state index in [2.05, 4.69) is 9.97 Å². The van der Waals surface area contributed by atoms with Gasteiger partial charge in [0.15, 0.2) is 0 Å². The molecule has 1 heterocycles.